The largest absolute Gasteiger partial charge is 0.439 e. The minimum Gasteiger partial charge on any atom is -0.439 e. The van der Waals surface area contributed by atoms with Crippen molar-refractivity contribution >= 4 is 51.0 Å². The fourth-order valence-electron chi connectivity index (χ4n) is 2.21. The van der Waals surface area contributed by atoms with E-state index in [0.717, 1.165) is 5.56 Å². The standard InChI is InChI=1S/C18H25Cl3N4O5S/c1-14-6-8-15(9-7-14)31(27,28)29-13-5-12-25(11-4-10-23-24-22)16(26)30-17(2,3)18(19,20)21/h6-9H,4-5,10-13H2,1-3H3. The van der Waals surface area contributed by atoms with Gasteiger partial charge in [-0.05, 0) is 51.3 Å². The SMILES string of the molecule is Cc1ccc(S(=O)(=O)OCCCN(CCCN=[N+]=[N-])C(=O)OC(C)(C)C(Cl)(Cl)Cl)cc1. The summed E-state index contributed by atoms with van der Waals surface area (Å²) in [6.45, 7) is 5.08. The summed E-state index contributed by atoms with van der Waals surface area (Å²) in [5, 5.41) is 3.42. The number of carbonyl (C=O) groups is 1. The fraction of sp³-hybridized carbons (Fsp3) is 0.611. The van der Waals surface area contributed by atoms with Gasteiger partial charge in [0.25, 0.3) is 10.1 Å². The molecule has 0 unspecified atom stereocenters. The first-order chi connectivity index (χ1) is 14.3. The van der Waals surface area contributed by atoms with E-state index in [1.54, 1.807) is 12.1 Å². The molecule has 1 rings (SSSR count). The van der Waals surface area contributed by atoms with Crippen molar-refractivity contribution in [2.75, 3.05) is 26.2 Å². The number of azide groups is 1. The maximum Gasteiger partial charge on any atom is 0.410 e. The van der Waals surface area contributed by atoms with Crippen LogP contribution in [0.3, 0.4) is 0 Å². The summed E-state index contributed by atoms with van der Waals surface area (Å²) >= 11 is 17.6. The normalized spacial score (nSPS) is 12.2. The molecule has 0 fully saturated rings. The fourth-order valence-corrected chi connectivity index (χ4v) is 3.27. The third-order valence-electron chi connectivity index (χ3n) is 4.15. The molecule has 0 aliphatic carbocycles. The van der Waals surface area contributed by atoms with Crippen molar-refractivity contribution in [1.29, 1.82) is 0 Å². The van der Waals surface area contributed by atoms with Gasteiger partial charge in [-0.3, -0.25) is 4.18 Å². The average molecular weight is 516 g/mol. The number of amides is 1. The Morgan fingerprint density at radius 1 is 1.16 bits per heavy atom. The Balaban J connectivity index is 2.71. The number of hydrogen-bond donors (Lipinski definition) is 0. The van der Waals surface area contributed by atoms with E-state index < -0.39 is 25.6 Å². The second-order valence-corrected chi connectivity index (χ2v) is 11.0. The zero-order valence-electron chi connectivity index (χ0n) is 17.4. The van der Waals surface area contributed by atoms with Gasteiger partial charge in [0, 0.05) is 24.5 Å². The summed E-state index contributed by atoms with van der Waals surface area (Å²) in [5.41, 5.74) is 7.89. The summed E-state index contributed by atoms with van der Waals surface area (Å²) in [6.07, 6.45) is -0.176. The Morgan fingerprint density at radius 3 is 2.29 bits per heavy atom. The predicted octanol–water partition coefficient (Wildman–Crippen LogP) is 5.38. The summed E-state index contributed by atoms with van der Waals surface area (Å²) < 4.78 is 33.0. The van der Waals surface area contributed by atoms with Gasteiger partial charge < -0.3 is 9.64 Å². The first-order valence-electron chi connectivity index (χ1n) is 9.32. The van der Waals surface area contributed by atoms with Crippen molar-refractivity contribution < 1.29 is 22.1 Å². The number of benzene rings is 1. The van der Waals surface area contributed by atoms with E-state index in [0.29, 0.717) is 6.42 Å². The molecule has 174 valence electrons. The minimum atomic E-state index is -3.91. The van der Waals surface area contributed by atoms with Crippen LogP contribution in [0.25, 0.3) is 10.4 Å². The molecule has 0 heterocycles. The molecule has 1 amide bonds. The van der Waals surface area contributed by atoms with Gasteiger partial charge in [-0.2, -0.15) is 8.42 Å². The van der Waals surface area contributed by atoms with E-state index in [1.165, 1.54) is 30.9 Å². The van der Waals surface area contributed by atoms with Crippen molar-refractivity contribution in [3.8, 4) is 0 Å². The van der Waals surface area contributed by atoms with Crippen LogP contribution < -0.4 is 0 Å². The third-order valence-corrected chi connectivity index (χ3v) is 6.85. The van der Waals surface area contributed by atoms with Gasteiger partial charge in [0.05, 0.1) is 11.5 Å². The van der Waals surface area contributed by atoms with E-state index in [4.69, 9.17) is 49.3 Å². The van der Waals surface area contributed by atoms with Gasteiger partial charge in [-0.25, -0.2) is 4.79 Å². The Labute approximate surface area is 197 Å². The molecule has 0 aliphatic rings. The first kappa shape index (κ1) is 27.6. The summed E-state index contributed by atoms with van der Waals surface area (Å²) in [7, 11) is -3.91. The number of rotatable bonds is 11. The van der Waals surface area contributed by atoms with E-state index >= 15 is 0 Å². The number of ether oxygens (including phenoxy) is 1. The lowest BCUT2D eigenvalue weighted by Crippen LogP contribution is -2.46. The second-order valence-electron chi connectivity index (χ2n) is 7.11. The van der Waals surface area contributed by atoms with Crippen LogP contribution in [0, 0.1) is 6.92 Å². The lowest BCUT2D eigenvalue weighted by Gasteiger charge is -2.34. The van der Waals surface area contributed by atoms with Crippen LogP contribution in [0.5, 0.6) is 0 Å². The highest BCUT2D eigenvalue weighted by molar-refractivity contribution is 7.86. The molecular formula is C18H25Cl3N4O5S. The van der Waals surface area contributed by atoms with Gasteiger partial charge in [0.1, 0.15) is 0 Å². The van der Waals surface area contributed by atoms with Crippen LogP contribution in [0.1, 0.15) is 32.3 Å². The lowest BCUT2D eigenvalue weighted by atomic mass is 10.2. The van der Waals surface area contributed by atoms with Crippen LogP contribution >= 0.6 is 34.8 Å². The van der Waals surface area contributed by atoms with Gasteiger partial charge in [0.15, 0.2) is 5.60 Å². The van der Waals surface area contributed by atoms with Crippen molar-refractivity contribution in [3.63, 3.8) is 0 Å². The van der Waals surface area contributed by atoms with E-state index in [9.17, 15) is 13.2 Å². The molecular weight excluding hydrogens is 491 g/mol. The Bertz CT molecular complexity index is 882. The molecule has 13 heteroatoms. The van der Waals surface area contributed by atoms with Crippen molar-refractivity contribution in [1.82, 2.24) is 4.90 Å². The van der Waals surface area contributed by atoms with Crippen LogP contribution in [0.4, 0.5) is 4.79 Å². The predicted molar refractivity (Wildman–Crippen MR) is 120 cm³/mol. The van der Waals surface area contributed by atoms with Crippen molar-refractivity contribution in [2.24, 2.45) is 5.11 Å². The number of alkyl halides is 3. The Kier molecular flexibility index (Phi) is 10.7. The van der Waals surface area contributed by atoms with E-state index in [2.05, 4.69) is 10.0 Å². The number of hydrogen-bond acceptors (Lipinski definition) is 6. The maximum atomic E-state index is 12.6. The molecule has 0 saturated heterocycles. The average Bonchev–Trinajstić information content (AvgIpc) is 2.65. The molecule has 0 saturated carbocycles. The molecule has 0 atom stereocenters. The second kappa shape index (κ2) is 12.0. The van der Waals surface area contributed by atoms with Crippen LogP contribution in [-0.4, -0.2) is 55.0 Å². The molecule has 1 aromatic rings. The molecule has 31 heavy (non-hydrogen) atoms. The highest BCUT2D eigenvalue weighted by Crippen LogP contribution is 2.40. The zero-order chi connectivity index (χ0) is 23.7. The minimum absolute atomic E-state index is 0.0492. The summed E-state index contributed by atoms with van der Waals surface area (Å²) in [5.74, 6) is 0. The molecule has 0 aromatic heterocycles. The van der Waals surface area contributed by atoms with E-state index in [1.807, 2.05) is 6.92 Å². The zero-order valence-corrected chi connectivity index (χ0v) is 20.5. The molecule has 0 radical (unpaired) electrons. The first-order valence-corrected chi connectivity index (χ1v) is 11.9. The van der Waals surface area contributed by atoms with Gasteiger partial charge in [0.2, 0.25) is 3.79 Å². The van der Waals surface area contributed by atoms with Gasteiger partial charge >= 0.3 is 6.09 Å². The topological polar surface area (TPSA) is 122 Å². The quantitative estimate of drug-likeness (QED) is 0.0978. The molecule has 0 N–H and O–H groups in total. The monoisotopic (exact) mass is 514 g/mol. The maximum absolute atomic E-state index is 12.6. The molecule has 0 bridgehead atoms. The molecule has 1 aromatic carbocycles. The summed E-state index contributed by atoms with van der Waals surface area (Å²) in [4.78, 5) is 16.6. The molecule has 0 aliphatic heterocycles. The highest BCUT2D eigenvalue weighted by atomic mass is 35.6. The third kappa shape index (κ3) is 9.31. The Morgan fingerprint density at radius 2 is 1.74 bits per heavy atom. The number of nitrogens with zero attached hydrogens (tertiary/aromatic N) is 4. The Hall–Kier alpha value is -1.42. The van der Waals surface area contributed by atoms with E-state index in [-0.39, 0.29) is 37.6 Å². The lowest BCUT2D eigenvalue weighted by molar-refractivity contribution is 0.0151. The van der Waals surface area contributed by atoms with Gasteiger partial charge in [-0.15, -0.1) is 0 Å². The molecule has 0 spiro atoms. The van der Waals surface area contributed by atoms with Gasteiger partial charge in [-0.1, -0.05) is 57.6 Å². The van der Waals surface area contributed by atoms with Crippen LogP contribution in [0.2, 0.25) is 0 Å². The smallest absolute Gasteiger partial charge is 0.410 e. The van der Waals surface area contributed by atoms with Crippen molar-refractivity contribution in [3.05, 3.63) is 40.3 Å². The summed E-state index contributed by atoms with van der Waals surface area (Å²) in [6, 6.07) is 6.26. The van der Waals surface area contributed by atoms with Crippen LogP contribution in [-0.2, 0) is 19.0 Å². The number of carbonyl (C=O) groups excluding carboxylic acids is 1. The number of aryl methyl sites for hydroxylation is 1. The number of halogens is 3. The highest BCUT2D eigenvalue weighted by Gasteiger charge is 2.44. The molecule has 9 nitrogen and oxygen atoms in total. The van der Waals surface area contributed by atoms with Crippen LogP contribution in [0.15, 0.2) is 34.3 Å². The van der Waals surface area contributed by atoms with Crippen molar-refractivity contribution in [2.45, 2.75) is 47.9 Å².